The first-order chi connectivity index (χ1) is 12.2. The van der Waals surface area contributed by atoms with Crippen molar-refractivity contribution in [1.82, 2.24) is 9.88 Å². The monoisotopic (exact) mass is 358 g/mol. The molecule has 0 spiro atoms. The van der Waals surface area contributed by atoms with E-state index in [1.54, 1.807) is 20.4 Å². The second-order valence-corrected chi connectivity index (χ2v) is 6.81. The van der Waals surface area contributed by atoms with Crippen molar-refractivity contribution >= 4 is 17.7 Å². The lowest BCUT2D eigenvalue weighted by Gasteiger charge is -2.26. The number of rotatable bonds is 6. The highest BCUT2D eigenvalue weighted by molar-refractivity contribution is 7.99. The Kier molecular flexibility index (Phi) is 5.81. The molecule has 1 aromatic heterocycles. The number of hydrogen-bond acceptors (Lipinski definition) is 5. The number of thioether (sulfide) groups is 1. The average Bonchev–Trinajstić information content (AvgIpc) is 3.16. The second kappa shape index (κ2) is 8.25. The molecule has 0 radical (unpaired) electrons. The molecule has 3 rings (SSSR count). The summed E-state index contributed by atoms with van der Waals surface area (Å²) in [7, 11) is 3.30. The summed E-state index contributed by atoms with van der Waals surface area (Å²) in [5.74, 6) is 2.09. The van der Waals surface area contributed by atoms with Gasteiger partial charge < -0.3 is 14.4 Å². The van der Waals surface area contributed by atoms with Crippen LogP contribution < -0.4 is 9.47 Å². The third kappa shape index (κ3) is 4.07. The SMILES string of the molecule is COc1ccc(OC)c([C@H]2CCCN2C(=O)CSc2ccccn2)c1. The number of ether oxygens (including phenoxy) is 2. The molecular weight excluding hydrogens is 336 g/mol. The lowest BCUT2D eigenvalue weighted by atomic mass is 10.0. The number of carbonyl (C=O) groups excluding carboxylic acids is 1. The Hall–Kier alpha value is -2.21. The Balaban J connectivity index is 1.75. The third-order valence-electron chi connectivity index (χ3n) is 4.35. The summed E-state index contributed by atoms with van der Waals surface area (Å²) in [6, 6.07) is 11.5. The van der Waals surface area contributed by atoms with Gasteiger partial charge >= 0.3 is 0 Å². The molecule has 0 saturated carbocycles. The van der Waals surface area contributed by atoms with Crippen molar-refractivity contribution in [3.63, 3.8) is 0 Å². The fourth-order valence-corrected chi connectivity index (χ4v) is 3.89. The minimum absolute atomic E-state index is 0.0295. The summed E-state index contributed by atoms with van der Waals surface area (Å²) < 4.78 is 10.8. The number of carbonyl (C=O) groups is 1. The Morgan fingerprint density at radius 3 is 2.88 bits per heavy atom. The van der Waals surface area contributed by atoms with Crippen LogP contribution in [0.4, 0.5) is 0 Å². The summed E-state index contributed by atoms with van der Waals surface area (Å²) in [6.07, 6.45) is 3.67. The normalized spacial score (nSPS) is 16.7. The van der Waals surface area contributed by atoms with Crippen LogP contribution in [0.25, 0.3) is 0 Å². The first kappa shape index (κ1) is 17.6. The highest BCUT2D eigenvalue weighted by Gasteiger charge is 2.32. The molecule has 25 heavy (non-hydrogen) atoms. The van der Waals surface area contributed by atoms with Crippen LogP contribution in [0, 0.1) is 0 Å². The zero-order chi connectivity index (χ0) is 17.6. The number of likely N-dealkylation sites (tertiary alicyclic amines) is 1. The fraction of sp³-hybridized carbons (Fsp3) is 0.368. The van der Waals surface area contributed by atoms with Gasteiger partial charge in [0.1, 0.15) is 11.5 Å². The molecule has 2 aromatic rings. The molecule has 1 fully saturated rings. The number of methoxy groups -OCH3 is 2. The maximum atomic E-state index is 12.8. The van der Waals surface area contributed by atoms with Gasteiger partial charge in [-0.25, -0.2) is 4.98 Å². The van der Waals surface area contributed by atoms with E-state index in [1.165, 1.54) is 11.8 Å². The van der Waals surface area contributed by atoms with Crippen LogP contribution in [-0.4, -0.2) is 42.3 Å². The molecule has 1 aliphatic rings. The van der Waals surface area contributed by atoms with Crippen LogP contribution in [0.3, 0.4) is 0 Å². The van der Waals surface area contributed by atoms with Gasteiger partial charge in [0.25, 0.3) is 0 Å². The Morgan fingerprint density at radius 2 is 2.16 bits per heavy atom. The Morgan fingerprint density at radius 1 is 1.28 bits per heavy atom. The highest BCUT2D eigenvalue weighted by Crippen LogP contribution is 2.39. The van der Waals surface area contributed by atoms with Crippen molar-refractivity contribution < 1.29 is 14.3 Å². The van der Waals surface area contributed by atoms with E-state index < -0.39 is 0 Å². The second-order valence-electron chi connectivity index (χ2n) is 5.81. The van der Waals surface area contributed by atoms with Crippen LogP contribution in [0.15, 0.2) is 47.6 Å². The van der Waals surface area contributed by atoms with Crippen molar-refractivity contribution in [3.05, 3.63) is 48.2 Å². The molecule has 1 saturated heterocycles. The van der Waals surface area contributed by atoms with E-state index in [2.05, 4.69) is 4.98 Å². The van der Waals surface area contributed by atoms with Gasteiger partial charge in [0.15, 0.2) is 0 Å². The molecule has 6 heteroatoms. The summed E-state index contributed by atoms with van der Waals surface area (Å²) in [5.41, 5.74) is 1.01. The summed E-state index contributed by atoms with van der Waals surface area (Å²) in [6.45, 7) is 0.770. The van der Waals surface area contributed by atoms with E-state index in [0.29, 0.717) is 5.75 Å². The van der Waals surface area contributed by atoms with Gasteiger partial charge in [0.2, 0.25) is 5.91 Å². The lowest BCUT2D eigenvalue weighted by molar-refractivity contribution is -0.129. The van der Waals surface area contributed by atoms with Gasteiger partial charge in [-0.3, -0.25) is 4.79 Å². The van der Waals surface area contributed by atoms with Crippen molar-refractivity contribution in [3.8, 4) is 11.5 Å². The van der Waals surface area contributed by atoms with Crippen molar-refractivity contribution in [1.29, 1.82) is 0 Å². The van der Waals surface area contributed by atoms with E-state index in [0.717, 1.165) is 41.5 Å². The summed E-state index contributed by atoms with van der Waals surface area (Å²) in [5, 5.41) is 0.866. The van der Waals surface area contributed by atoms with Gasteiger partial charge in [-0.2, -0.15) is 0 Å². The number of aromatic nitrogens is 1. The van der Waals surface area contributed by atoms with Crippen molar-refractivity contribution in [2.75, 3.05) is 26.5 Å². The van der Waals surface area contributed by atoms with E-state index >= 15 is 0 Å². The van der Waals surface area contributed by atoms with Gasteiger partial charge in [0.05, 0.1) is 31.0 Å². The predicted octanol–water partition coefficient (Wildman–Crippen LogP) is 3.55. The number of nitrogens with zero attached hydrogens (tertiary/aromatic N) is 2. The standard InChI is InChI=1S/C19H22N2O3S/c1-23-14-8-9-17(24-2)15(12-14)16-6-5-11-21(16)19(22)13-25-18-7-3-4-10-20-18/h3-4,7-10,12,16H,5-6,11,13H2,1-2H3/t16-/m1/s1. The Bertz CT molecular complexity index is 724. The first-order valence-electron chi connectivity index (χ1n) is 8.28. The van der Waals surface area contributed by atoms with E-state index in [9.17, 15) is 4.79 Å². The largest absolute Gasteiger partial charge is 0.497 e. The molecule has 132 valence electrons. The molecule has 1 atom stereocenters. The molecular formula is C19H22N2O3S. The van der Waals surface area contributed by atoms with E-state index in [4.69, 9.17) is 9.47 Å². The van der Waals surface area contributed by atoms with Crippen LogP contribution in [0.5, 0.6) is 11.5 Å². The predicted molar refractivity (Wildman–Crippen MR) is 98.2 cm³/mol. The topological polar surface area (TPSA) is 51.7 Å². The minimum atomic E-state index is 0.0295. The van der Waals surface area contributed by atoms with E-state index in [-0.39, 0.29) is 11.9 Å². The summed E-state index contributed by atoms with van der Waals surface area (Å²) >= 11 is 1.47. The molecule has 0 N–H and O–H groups in total. The smallest absolute Gasteiger partial charge is 0.233 e. The van der Waals surface area contributed by atoms with Crippen molar-refractivity contribution in [2.45, 2.75) is 23.9 Å². The fourth-order valence-electron chi connectivity index (χ4n) is 3.14. The Labute approximate surface area is 152 Å². The molecule has 0 bridgehead atoms. The van der Waals surface area contributed by atoms with Gasteiger partial charge in [-0.15, -0.1) is 0 Å². The molecule has 1 amide bonds. The van der Waals surface area contributed by atoms with Crippen LogP contribution in [0.2, 0.25) is 0 Å². The number of amides is 1. The van der Waals surface area contributed by atoms with E-state index in [1.807, 2.05) is 41.3 Å². The molecule has 1 aromatic carbocycles. The van der Waals surface area contributed by atoms with Crippen LogP contribution in [0.1, 0.15) is 24.4 Å². The highest BCUT2D eigenvalue weighted by atomic mass is 32.2. The zero-order valence-electron chi connectivity index (χ0n) is 14.5. The minimum Gasteiger partial charge on any atom is -0.497 e. The maximum Gasteiger partial charge on any atom is 0.233 e. The number of pyridine rings is 1. The third-order valence-corrected chi connectivity index (χ3v) is 5.28. The first-order valence-corrected chi connectivity index (χ1v) is 9.26. The van der Waals surface area contributed by atoms with Gasteiger partial charge in [-0.1, -0.05) is 17.8 Å². The molecule has 2 heterocycles. The summed E-state index contributed by atoms with van der Waals surface area (Å²) in [4.78, 5) is 19.0. The number of benzene rings is 1. The molecule has 1 aliphatic heterocycles. The number of hydrogen-bond donors (Lipinski definition) is 0. The van der Waals surface area contributed by atoms with Gasteiger partial charge in [0, 0.05) is 18.3 Å². The average molecular weight is 358 g/mol. The lowest BCUT2D eigenvalue weighted by Crippen LogP contribution is -2.32. The van der Waals surface area contributed by atoms with Crippen molar-refractivity contribution in [2.24, 2.45) is 0 Å². The zero-order valence-corrected chi connectivity index (χ0v) is 15.3. The van der Waals surface area contributed by atoms with Gasteiger partial charge in [-0.05, 0) is 43.2 Å². The molecule has 0 aliphatic carbocycles. The quantitative estimate of drug-likeness (QED) is 0.739. The van der Waals surface area contributed by atoms with Crippen LogP contribution in [-0.2, 0) is 4.79 Å². The molecule has 0 unspecified atom stereocenters. The maximum absolute atomic E-state index is 12.8. The van der Waals surface area contributed by atoms with Crippen LogP contribution >= 0.6 is 11.8 Å². The molecule has 5 nitrogen and oxygen atoms in total.